The van der Waals surface area contributed by atoms with Crippen molar-refractivity contribution >= 4 is 55.0 Å². The van der Waals surface area contributed by atoms with Crippen molar-refractivity contribution in [1.29, 1.82) is 0 Å². The molecular weight excluding hydrogens is 573 g/mol. The summed E-state index contributed by atoms with van der Waals surface area (Å²) in [4.78, 5) is 23.6. The minimum atomic E-state index is -4.05. The number of hydrogen-bond donors (Lipinski definition) is 2. The van der Waals surface area contributed by atoms with Gasteiger partial charge in [-0.3, -0.25) is 4.72 Å². The number of ether oxygens (including phenoxy) is 1. The van der Waals surface area contributed by atoms with Crippen LogP contribution in [-0.4, -0.2) is 40.7 Å². The Bertz CT molecular complexity index is 1910. The number of benzene rings is 2. The highest BCUT2D eigenvalue weighted by molar-refractivity contribution is 7.92. The smallest absolute Gasteiger partial charge is 0.341 e. The summed E-state index contributed by atoms with van der Waals surface area (Å²) in [5.74, 6) is -0.184. The Morgan fingerprint density at radius 3 is 2.36 bits per heavy atom. The lowest BCUT2D eigenvalue weighted by Crippen LogP contribution is -2.16. The van der Waals surface area contributed by atoms with Crippen molar-refractivity contribution in [3.05, 3.63) is 82.0 Å². The Hall–Kier alpha value is -4.29. The Kier molecular flexibility index (Phi) is 7.42. The first-order chi connectivity index (χ1) is 20.2. The number of carbonyl (C=O) groups excluding carboxylic acids is 1. The second kappa shape index (κ2) is 11.2. The molecule has 0 spiro atoms. The molecule has 5 aromatic rings. The Labute approximate surface area is 247 Å². The molecule has 10 nitrogen and oxygen atoms in total. The number of aryl methyl sites for hydroxylation is 3. The normalized spacial score (nSPS) is 13.1. The van der Waals surface area contributed by atoms with Gasteiger partial charge in [0, 0.05) is 10.6 Å². The highest BCUT2D eigenvalue weighted by Crippen LogP contribution is 2.41. The van der Waals surface area contributed by atoms with Gasteiger partial charge in [-0.25, -0.2) is 27.9 Å². The van der Waals surface area contributed by atoms with Crippen molar-refractivity contribution in [3.63, 3.8) is 0 Å². The van der Waals surface area contributed by atoms with Crippen molar-refractivity contribution in [3.8, 4) is 5.69 Å². The van der Waals surface area contributed by atoms with Gasteiger partial charge in [-0.05, 0) is 94.5 Å². The van der Waals surface area contributed by atoms with E-state index in [4.69, 9.17) is 9.72 Å². The van der Waals surface area contributed by atoms with Crippen LogP contribution in [0.5, 0.6) is 0 Å². The zero-order valence-electron chi connectivity index (χ0n) is 23.5. The number of esters is 1. The lowest BCUT2D eigenvalue weighted by Gasteiger charge is -2.15. The fourth-order valence-corrected chi connectivity index (χ4v) is 7.47. The van der Waals surface area contributed by atoms with Gasteiger partial charge in [0.2, 0.25) is 0 Å². The largest absolute Gasteiger partial charge is 0.462 e. The zero-order chi connectivity index (χ0) is 29.4. The summed E-state index contributed by atoms with van der Waals surface area (Å²) in [7, 11) is -4.05. The number of aromatic nitrogens is 4. The average Bonchev–Trinajstić information content (AvgIpc) is 3.51. The molecule has 1 aliphatic rings. The molecular formula is C30H30N6O4S2. The van der Waals surface area contributed by atoms with Gasteiger partial charge >= 0.3 is 5.97 Å². The van der Waals surface area contributed by atoms with E-state index < -0.39 is 16.0 Å². The summed E-state index contributed by atoms with van der Waals surface area (Å²) in [6, 6.07) is 15.6. The number of hydrogen-bond acceptors (Lipinski definition) is 9. The molecule has 0 atom stereocenters. The van der Waals surface area contributed by atoms with Crippen LogP contribution in [0.15, 0.2) is 59.5 Å². The average molecular weight is 603 g/mol. The zero-order valence-corrected chi connectivity index (χ0v) is 25.1. The van der Waals surface area contributed by atoms with E-state index in [9.17, 15) is 13.2 Å². The van der Waals surface area contributed by atoms with Crippen molar-refractivity contribution in [2.75, 3.05) is 16.6 Å². The fraction of sp³-hybridized carbons (Fsp3) is 0.267. The summed E-state index contributed by atoms with van der Waals surface area (Å²) in [6.45, 7) is 5.87. The monoisotopic (exact) mass is 602 g/mol. The van der Waals surface area contributed by atoms with E-state index in [2.05, 4.69) is 20.1 Å². The standard InChI is InChI=1S/C30H30N6O4S2/c1-4-40-30(37)26-22-9-5-8-12-25(22)41-29(26)33-27-28(32-24-11-7-6-10-23(24)31-27)35-42(38,39)21-15-13-20(14-16-21)36-19(3)17-18(2)34-36/h6-7,10-11,13-17H,4-5,8-9,12H2,1-3H3,(H,31,33)(H,32,35). The van der Waals surface area contributed by atoms with Crippen molar-refractivity contribution in [2.45, 2.75) is 51.3 Å². The molecule has 0 saturated carbocycles. The summed E-state index contributed by atoms with van der Waals surface area (Å²) in [5, 5.41) is 8.29. The topological polar surface area (TPSA) is 128 Å². The molecule has 0 aliphatic heterocycles. The molecule has 0 radical (unpaired) electrons. The predicted molar refractivity (Wildman–Crippen MR) is 164 cm³/mol. The third-order valence-electron chi connectivity index (χ3n) is 7.09. The Morgan fingerprint density at radius 1 is 1.00 bits per heavy atom. The molecule has 42 heavy (non-hydrogen) atoms. The second-order valence-corrected chi connectivity index (χ2v) is 12.9. The number of anilines is 3. The fourth-order valence-electron chi connectivity index (χ4n) is 5.18. The van der Waals surface area contributed by atoms with Gasteiger partial charge in [0.1, 0.15) is 5.00 Å². The molecule has 0 amide bonds. The van der Waals surface area contributed by atoms with Crippen LogP contribution in [0.25, 0.3) is 16.7 Å². The van der Waals surface area contributed by atoms with Gasteiger partial charge in [-0.15, -0.1) is 11.3 Å². The first kappa shape index (κ1) is 27.9. The molecule has 12 heteroatoms. The number of sulfonamides is 1. The van der Waals surface area contributed by atoms with Crippen molar-refractivity contribution in [2.24, 2.45) is 0 Å². The number of nitrogens with one attached hydrogen (secondary N) is 2. The van der Waals surface area contributed by atoms with E-state index in [0.29, 0.717) is 21.6 Å². The number of carbonyl (C=O) groups is 1. The van der Waals surface area contributed by atoms with E-state index in [1.165, 1.54) is 23.5 Å². The molecule has 1 aliphatic carbocycles. The number of rotatable bonds is 8. The molecule has 2 N–H and O–H groups in total. The number of fused-ring (bicyclic) bond motifs is 2. The molecule has 216 valence electrons. The number of nitrogens with zero attached hydrogens (tertiary/aromatic N) is 4. The second-order valence-electron chi connectivity index (χ2n) is 10.1. The molecule has 3 aromatic heterocycles. The van der Waals surface area contributed by atoms with E-state index >= 15 is 0 Å². The van der Waals surface area contributed by atoms with Crippen molar-refractivity contribution in [1.82, 2.24) is 19.7 Å². The maximum absolute atomic E-state index is 13.6. The molecule has 0 unspecified atom stereocenters. The number of thiophene rings is 1. The Morgan fingerprint density at radius 2 is 1.69 bits per heavy atom. The lowest BCUT2D eigenvalue weighted by atomic mass is 9.95. The predicted octanol–water partition coefficient (Wildman–Crippen LogP) is 6.09. The van der Waals surface area contributed by atoms with Gasteiger partial charge in [0.25, 0.3) is 10.0 Å². The molecule has 3 heterocycles. The quantitative estimate of drug-likeness (QED) is 0.204. The first-order valence-corrected chi connectivity index (χ1v) is 16.1. The van der Waals surface area contributed by atoms with Crippen LogP contribution >= 0.6 is 11.3 Å². The van der Waals surface area contributed by atoms with Crippen molar-refractivity contribution < 1.29 is 17.9 Å². The lowest BCUT2D eigenvalue weighted by molar-refractivity contribution is 0.0526. The van der Waals surface area contributed by atoms with Crippen LogP contribution < -0.4 is 10.0 Å². The summed E-state index contributed by atoms with van der Waals surface area (Å²) >= 11 is 1.48. The summed E-state index contributed by atoms with van der Waals surface area (Å²) < 4.78 is 36.9. The first-order valence-electron chi connectivity index (χ1n) is 13.8. The SMILES string of the molecule is CCOC(=O)c1c(Nc2nc3ccccc3nc2NS(=O)(=O)c2ccc(-n3nc(C)cc3C)cc2)sc2c1CCCC2. The van der Waals surface area contributed by atoms with Crippen LogP contribution in [0, 0.1) is 13.8 Å². The number of para-hydroxylation sites is 2. The molecule has 0 fully saturated rings. The minimum Gasteiger partial charge on any atom is -0.462 e. The third-order valence-corrected chi connectivity index (χ3v) is 9.65. The van der Waals surface area contributed by atoms with Crippen LogP contribution in [0.4, 0.5) is 16.6 Å². The summed E-state index contributed by atoms with van der Waals surface area (Å²) in [5.41, 5.74) is 5.15. The van der Waals surface area contributed by atoms with Crippen LogP contribution in [0.1, 0.15) is 52.0 Å². The maximum atomic E-state index is 13.6. The van der Waals surface area contributed by atoms with Crippen LogP contribution in [-0.2, 0) is 27.6 Å². The maximum Gasteiger partial charge on any atom is 0.341 e. The van der Waals surface area contributed by atoms with Gasteiger partial charge in [0.15, 0.2) is 11.6 Å². The van der Waals surface area contributed by atoms with E-state index in [-0.39, 0.29) is 23.1 Å². The van der Waals surface area contributed by atoms with Crippen LogP contribution in [0.2, 0.25) is 0 Å². The third kappa shape index (κ3) is 5.35. The minimum absolute atomic E-state index is 0.0255. The summed E-state index contributed by atoms with van der Waals surface area (Å²) in [6.07, 6.45) is 3.71. The molecule has 0 saturated heterocycles. The highest BCUT2D eigenvalue weighted by atomic mass is 32.2. The molecule has 0 bridgehead atoms. The van der Waals surface area contributed by atoms with Crippen LogP contribution in [0.3, 0.4) is 0 Å². The van der Waals surface area contributed by atoms with Gasteiger partial charge < -0.3 is 10.1 Å². The molecule has 6 rings (SSSR count). The van der Waals surface area contributed by atoms with Gasteiger partial charge in [0.05, 0.1) is 39.5 Å². The molecule has 2 aromatic carbocycles. The van der Waals surface area contributed by atoms with E-state index in [1.54, 1.807) is 35.9 Å². The van der Waals surface area contributed by atoms with E-state index in [0.717, 1.165) is 53.2 Å². The van der Waals surface area contributed by atoms with E-state index in [1.807, 2.05) is 32.0 Å². The van der Waals surface area contributed by atoms with Gasteiger partial charge in [-0.2, -0.15) is 5.10 Å². The highest BCUT2D eigenvalue weighted by Gasteiger charge is 2.28. The van der Waals surface area contributed by atoms with Gasteiger partial charge in [-0.1, -0.05) is 12.1 Å². The Balaban J connectivity index is 1.38.